The summed E-state index contributed by atoms with van der Waals surface area (Å²) in [6, 6.07) is 19.1. The lowest BCUT2D eigenvalue weighted by molar-refractivity contribution is 0.0793. The number of carbonyl (C=O) groups excluding carboxylic acids is 1. The lowest BCUT2D eigenvalue weighted by atomic mass is 10.1. The summed E-state index contributed by atoms with van der Waals surface area (Å²) in [5, 5.41) is 0.845. The number of halogens is 1. The van der Waals surface area contributed by atoms with Crippen molar-refractivity contribution in [1.82, 2.24) is 14.5 Å². The number of likely N-dealkylation sites (tertiary alicyclic amines) is 1. The van der Waals surface area contributed by atoms with E-state index in [-0.39, 0.29) is 11.5 Å². The highest BCUT2D eigenvalue weighted by molar-refractivity contribution is 7.98. The number of rotatable bonds is 5. The molecule has 1 aliphatic rings. The number of benzene rings is 3. The first-order valence-corrected chi connectivity index (χ1v) is 12.3. The zero-order valence-corrected chi connectivity index (χ0v) is 19.6. The topological polar surface area (TPSA) is 55.2 Å². The van der Waals surface area contributed by atoms with Crippen molar-refractivity contribution in [3.8, 4) is 5.69 Å². The molecule has 1 amide bonds. The standard InChI is InChI=1S/C27H24FN3O2S/c1-18-6-4-7-19(14-18)17-34-27-29-24-15-20(25(32)30-12-2-3-13-30)10-11-23(24)26(33)31(27)22-9-5-8-21(28)16-22/h4-11,14-16H,2-3,12-13,17H2,1H3. The van der Waals surface area contributed by atoms with Crippen LogP contribution in [0, 0.1) is 12.7 Å². The third kappa shape index (κ3) is 4.48. The SMILES string of the molecule is Cc1cccc(CSc2nc3cc(C(=O)N4CCCC4)ccc3c(=O)n2-c2cccc(F)c2)c1. The van der Waals surface area contributed by atoms with E-state index in [2.05, 4.69) is 6.07 Å². The highest BCUT2D eigenvalue weighted by Crippen LogP contribution is 2.26. The molecule has 1 aromatic heterocycles. The van der Waals surface area contributed by atoms with Gasteiger partial charge in [0.25, 0.3) is 11.5 Å². The molecule has 0 aliphatic carbocycles. The lowest BCUT2D eigenvalue weighted by Gasteiger charge is -2.16. The summed E-state index contributed by atoms with van der Waals surface area (Å²) >= 11 is 1.41. The van der Waals surface area contributed by atoms with Gasteiger partial charge in [-0.2, -0.15) is 0 Å². The van der Waals surface area contributed by atoms with Crippen LogP contribution in [0.15, 0.2) is 76.7 Å². The van der Waals surface area contributed by atoms with E-state index in [0.717, 1.165) is 37.1 Å². The van der Waals surface area contributed by atoms with Gasteiger partial charge in [-0.25, -0.2) is 9.37 Å². The maximum atomic E-state index is 14.0. The molecule has 172 valence electrons. The molecule has 0 saturated carbocycles. The van der Waals surface area contributed by atoms with Gasteiger partial charge in [0.05, 0.1) is 16.6 Å². The molecule has 5 nitrogen and oxygen atoms in total. The number of aryl methyl sites for hydroxylation is 1. The molecule has 0 radical (unpaired) electrons. The van der Waals surface area contributed by atoms with E-state index >= 15 is 0 Å². The second-order valence-corrected chi connectivity index (χ2v) is 9.47. The van der Waals surface area contributed by atoms with E-state index < -0.39 is 5.82 Å². The van der Waals surface area contributed by atoms with Crippen LogP contribution < -0.4 is 5.56 Å². The fourth-order valence-electron chi connectivity index (χ4n) is 4.29. The van der Waals surface area contributed by atoms with Gasteiger partial charge in [-0.1, -0.05) is 47.7 Å². The quantitative estimate of drug-likeness (QED) is 0.289. The van der Waals surface area contributed by atoms with Crippen molar-refractivity contribution in [3.63, 3.8) is 0 Å². The zero-order chi connectivity index (χ0) is 23.7. The third-order valence-corrected chi connectivity index (χ3v) is 7.01. The van der Waals surface area contributed by atoms with Crippen LogP contribution in [-0.4, -0.2) is 33.4 Å². The van der Waals surface area contributed by atoms with Crippen LogP contribution in [0.5, 0.6) is 0 Å². The van der Waals surface area contributed by atoms with Gasteiger partial charge in [-0.15, -0.1) is 0 Å². The van der Waals surface area contributed by atoms with E-state index in [1.54, 1.807) is 30.3 Å². The molecule has 1 fully saturated rings. The Morgan fingerprint density at radius 1 is 1.03 bits per heavy atom. The summed E-state index contributed by atoms with van der Waals surface area (Å²) in [4.78, 5) is 33.1. The minimum atomic E-state index is -0.425. The van der Waals surface area contributed by atoms with Gasteiger partial charge in [0.15, 0.2) is 5.16 Å². The second kappa shape index (κ2) is 9.43. The lowest BCUT2D eigenvalue weighted by Crippen LogP contribution is -2.28. The minimum Gasteiger partial charge on any atom is -0.339 e. The maximum Gasteiger partial charge on any atom is 0.266 e. The number of carbonyl (C=O) groups is 1. The van der Waals surface area contributed by atoms with Crippen LogP contribution in [0.3, 0.4) is 0 Å². The van der Waals surface area contributed by atoms with E-state index in [1.165, 1.54) is 28.5 Å². The first kappa shape index (κ1) is 22.3. The molecule has 5 rings (SSSR count). The number of nitrogens with zero attached hydrogens (tertiary/aromatic N) is 3. The molecule has 1 saturated heterocycles. The third-order valence-electron chi connectivity index (χ3n) is 6.00. The normalized spacial score (nSPS) is 13.5. The number of thioether (sulfide) groups is 1. The van der Waals surface area contributed by atoms with Crippen molar-refractivity contribution in [3.05, 3.63) is 99.6 Å². The van der Waals surface area contributed by atoms with Crippen LogP contribution >= 0.6 is 11.8 Å². The molecule has 0 atom stereocenters. The van der Waals surface area contributed by atoms with Crippen LogP contribution in [0.1, 0.15) is 34.3 Å². The first-order chi connectivity index (χ1) is 16.5. The van der Waals surface area contributed by atoms with Crippen LogP contribution in [0.25, 0.3) is 16.6 Å². The van der Waals surface area contributed by atoms with E-state index in [9.17, 15) is 14.0 Å². The Balaban J connectivity index is 1.61. The molecule has 4 aromatic rings. The molecule has 0 spiro atoms. The van der Waals surface area contributed by atoms with Gasteiger partial charge in [-0.3, -0.25) is 14.2 Å². The van der Waals surface area contributed by atoms with Crippen molar-refractivity contribution in [2.45, 2.75) is 30.7 Å². The first-order valence-electron chi connectivity index (χ1n) is 11.3. The maximum absolute atomic E-state index is 14.0. The van der Waals surface area contributed by atoms with E-state index in [1.807, 2.05) is 30.0 Å². The molecule has 2 heterocycles. The molecule has 1 aliphatic heterocycles. The summed E-state index contributed by atoms with van der Waals surface area (Å²) < 4.78 is 15.5. The highest BCUT2D eigenvalue weighted by Gasteiger charge is 2.21. The Kier molecular flexibility index (Phi) is 6.20. The van der Waals surface area contributed by atoms with Gasteiger partial charge in [0.1, 0.15) is 5.82 Å². The number of hydrogen-bond donors (Lipinski definition) is 0. The Labute approximate surface area is 201 Å². The summed E-state index contributed by atoms with van der Waals surface area (Å²) in [6.07, 6.45) is 2.02. The van der Waals surface area contributed by atoms with E-state index in [0.29, 0.717) is 33.1 Å². The van der Waals surface area contributed by atoms with Gasteiger partial charge < -0.3 is 4.90 Å². The Morgan fingerprint density at radius 2 is 1.82 bits per heavy atom. The van der Waals surface area contributed by atoms with Crippen LogP contribution in [-0.2, 0) is 5.75 Å². The van der Waals surface area contributed by atoms with Gasteiger partial charge >= 0.3 is 0 Å². The van der Waals surface area contributed by atoms with Crippen LogP contribution in [0.2, 0.25) is 0 Å². The molecular weight excluding hydrogens is 449 g/mol. The predicted octanol–water partition coefficient (Wildman–Crippen LogP) is 5.36. The summed E-state index contributed by atoms with van der Waals surface area (Å²) in [6.45, 7) is 3.54. The Morgan fingerprint density at radius 3 is 2.59 bits per heavy atom. The smallest absolute Gasteiger partial charge is 0.266 e. The summed E-state index contributed by atoms with van der Waals surface area (Å²) in [5.74, 6) is 0.136. The van der Waals surface area contributed by atoms with E-state index in [4.69, 9.17) is 4.98 Å². The average molecular weight is 474 g/mol. The predicted molar refractivity (Wildman–Crippen MR) is 133 cm³/mol. The molecule has 3 aromatic carbocycles. The molecule has 7 heteroatoms. The number of amides is 1. The van der Waals surface area contributed by atoms with Crippen LogP contribution in [0.4, 0.5) is 4.39 Å². The van der Waals surface area contributed by atoms with Crippen molar-refractivity contribution in [1.29, 1.82) is 0 Å². The Bertz CT molecular complexity index is 1440. The van der Waals surface area contributed by atoms with Gasteiger partial charge in [0.2, 0.25) is 0 Å². The van der Waals surface area contributed by atoms with Gasteiger partial charge in [-0.05, 0) is 61.7 Å². The molecule has 34 heavy (non-hydrogen) atoms. The number of aromatic nitrogens is 2. The number of fused-ring (bicyclic) bond motifs is 1. The van der Waals surface area contributed by atoms with Crippen molar-refractivity contribution < 1.29 is 9.18 Å². The minimum absolute atomic E-state index is 0.0375. The largest absolute Gasteiger partial charge is 0.339 e. The molecule has 0 unspecified atom stereocenters. The average Bonchev–Trinajstić information content (AvgIpc) is 3.37. The highest BCUT2D eigenvalue weighted by atomic mass is 32.2. The van der Waals surface area contributed by atoms with Crippen molar-refractivity contribution in [2.75, 3.05) is 13.1 Å². The summed E-state index contributed by atoms with van der Waals surface area (Å²) in [5.41, 5.74) is 3.38. The van der Waals surface area contributed by atoms with Crippen molar-refractivity contribution >= 4 is 28.6 Å². The zero-order valence-electron chi connectivity index (χ0n) is 18.8. The van der Waals surface area contributed by atoms with Crippen molar-refractivity contribution in [2.24, 2.45) is 0 Å². The fourth-order valence-corrected chi connectivity index (χ4v) is 5.25. The molecule has 0 N–H and O–H groups in total. The summed E-state index contributed by atoms with van der Waals surface area (Å²) in [7, 11) is 0. The second-order valence-electron chi connectivity index (χ2n) is 8.52. The molecule has 0 bridgehead atoms. The Hall–Kier alpha value is -3.45. The van der Waals surface area contributed by atoms with Gasteiger partial charge in [0, 0.05) is 24.4 Å². The monoisotopic (exact) mass is 473 g/mol. The number of hydrogen-bond acceptors (Lipinski definition) is 4. The fraction of sp³-hybridized carbons (Fsp3) is 0.222. The molecular formula is C27H24FN3O2S.